The van der Waals surface area contributed by atoms with E-state index in [9.17, 15) is 17.6 Å². The average molecular weight is 344 g/mol. The van der Waals surface area contributed by atoms with E-state index in [-0.39, 0.29) is 38.0 Å². The van der Waals surface area contributed by atoms with Gasteiger partial charge in [-0.1, -0.05) is 0 Å². The van der Waals surface area contributed by atoms with Gasteiger partial charge < -0.3 is 4.90 Å². The summed E-state index contributed by atoms with van der Waals surface area (Å²) >= 11 is 0. The van der Waals surface area contributed by atoms with E-state index < -0.39 is 22.3 Å². The van der Waals surface area contributed by atoms with Gasteiger partial charge in [-0.3, -0.25) is 4.79 Å². The minimum Gasteiger partial charge on any atom is -0.339 e. The molecule has 0 unspecified atom stereocenters. The highest BCUT2D eigenvalue weighted by molar-refractivity contribution is 7.86. The largest absolute Gasteiger partial charge is 0.339 e. The van der Waals surface area contributed by atoms with Crippen molar-refractivity contribution in [1.82, 2.24) is 13.5 Å². The second-order valence-electron chi connectivity index (χ2n) is 6.52. The third-order valence-electron chi connectivity index (χ3n) is 4.86. The lowest BCUT2D eigenvalue weighted by molar-refractivity contribution is -0.135. The Balaban J connectivity index is 1.62. The molecule has 0 bridgehead atoms. The molecule has 0 aromatic heterocycles. The number of carbonyl (C=O) groups is 1. The van der Waals surface area contributed by atoms with Crippen LogP contribution in [0.1, 0.15) is 19.3 Å². The predicted octanol–water partition coefficient (Wildman–Crippen LogP) is -0.0310. The number of likely N-dealkylation sites (tertiary alicyclic amines) is 1. The van der Waals surface area contributed by atoms with Gasteiger partial charge in [-0.15, -0.1) is 0 Å². The van der Waals surface area contributed by atoms with Crippen LogP contribution < -0.4 is 0 Å². The molecule has 3 aliphatic rings. The molecule has 0 aromatic carbocycles. The molecule has 0 spiro atoms. The number of amides is 1. The summed E-state index contributed by atoms with van der Waals surface area (Å²) in [6.45, 7) is 1.54. The van der Waals surface area contributed by atoms with E-state index in [0.717, 1.165) is 0 Å². The third-order valence-corrected chi connectivity index (χ3v) is 6.79. The van der Waals surface area contributed by atoms with Crippen LogP contribution in [0.15, 0.2) is 0 Å². The SMILES string of the molecule is N#CC1CN(S(=O)(=O)N2CCC[C@H](C(=O)N3CC[C@@H](F)C3)C2)C1. The Morgan fingerprint density at radius 3 is 2.43 bits per heavy atom. The van der Waals surface area contributed by atoms with Crippen molar-refractivity contribution >= 4 is 16.1 Å². The van der Waals surface area contributed by atoms with Crippen molar-refractivity contribution in [2.75, 3.05) is 39.3 Å². The first-order chi connectivity index (χ1) is 10.9. The first kappa shape index (κ1) is 16.6. The van der Waals surface area contributed by atoms with Gasteiger partial charge in [0.2, 0.25) is 5.91 Å². The first-order valence-corrected chi connectivity index (χ1v) is 9.39. The third kappa shape index (κ3) is 3.20. The number of alkyl halides is 1. The van der Waals surface area contributed by atoms with Gasteiger partial charge >= 0.3 is 0 Å². The molecule has 1 amide bonds. The molecule has 3 rings (SSSR count). The van der Waals surface area contributed by atoms with Crippen LogP contribution in [0.2, 0.25) is 0 Å². The zero-order valence-electron chi connectivity index (χ0n) is 12.9. The maximum Gasteiger partial charge on any atom is 0.282 e. The molecule has 3 heterocycles. The van der Waals surface area contributed by atoms with Gasteiger partial charge in [-0.2, -0.15) is 22.3 Å². The molecule has 23 heavy (non-hydrogen) atoms. The van der Waals surface area contributed by atoms with Crippen LogP contribution in [0.25, 0.3) is 0 Å². The van der Waals surface area contributed by atoms with Gasteiger partial charge in [0.15, 0.2) is 0 Å². The summed E-state index contributed by atoms with van der Waals surface area (Å²) in [7, 11) is -3.60. The predicted molar refractivity (Wildman–Crippen MR) is 80.0 cm³/mol. The van der Waals surface area contributed by atoms with E-state index in [1.807, 2.05) is 0 Å². The second-order valence-corrected chi connectivity index (χ2v) is 8.45. The summed E-state index contributed by atoms with van der Waals surface area (Å²) in [5.74, 6) is -0.765. The molecule has 0 radical (unpaired) electrons. The minimum atomic E-state index is -3.60. The fourth-order valence-corrected chi connectivity index (χ4v) is 5.19. The summed E-state index contributed by atoms with van der Waals surface area (Å²) < 4.78 is 41.0. The van der Waals surface area contributed by atoms with Crippen molar-refractivity contribution in [3.8, 4) is 6.07 Å². The Hall–Kier alpha value is -1.24. The van der Waals surface area contributed by atoms with Crippen molar-refractivity contribution in [2.45, 2.75) is 25.4 Å². The number of hydrogen-bond donors (Lipinski definition) is 0. The van der Waals surface area contributed by atoms with E-state index in [2.05, 4.69) is 6.07 Å². The molecule has 2 atom stereocenters. The maximum absolute atomic E-state index is 13.3. The molecule has 9 heteroatoms. The van der Waals surface area contributed by atoms with Crippen molar-refractivity contribution < 1.29 is 17.6 Å². The summed E-state index contributed by atoms with van der Waals surface area (Å²) in [5, 5.41) is 8.77. The number of halogens is 1. The van der Waals surface area contributed by atoms with E-state index in [1.54, 1.807) is 0 Å². The molecular formula is C14H21FN4O3S. The van der Waals surface area contributed by atoms with Crippen LogP contribution in [-0.4, -0.2) is 73.3 Å². The molecule has 0 N–H and O–H groups in total. The number of carbonyl (C=O) groups excluding carboxylic acids is 1. The Morgan fingerprint density at radius 2 is 1.83 bits per heavy atom. The Kier molecular flexibility index (Phi) is 4.58. The standard InChI is InChI=1S/C14H21FN4O3S/c15-13-3-5-17(10-13)14(20)12-2-1-4-18(9-12)23(21,22)19-7-11(6-16)8-19/h11-13H,1-5,7-10H2/t12-,13+/m0/s1. The van der Waals surface area contributed by atoms with Crippen LogP contribution >= 0.6 is 0 Å². The molecule has 0 aliphatic carbocycles. The quantitative estimate of drug-likeness (QED) is 0.720. The summed E-state index contributed by atoms with van der Waals surface area (Å²) in [4.78, 5) is 14.0. The summed E-state index contributed by atoms with van der Waals surface area (Å²) in [6, 6.07) is 2.05. The molecule has 7 nitrogen and oxygen atoms in total. The van der Waals surface area contributed by atoms with Crippen molar-refractivity contribution in [3.63, 3.8) is 0 Å². The number of hydrogen-bond acceptors (Lipinski definition) is 4. The lowest BCUT2D eigenvalue weighted by Crippen LogP contribution is -2.57. The van der Waals surface area contributed by atoms with Crippen LogP contribution in [0.3, 0.4) is 0 Å². The van der Waals surface area contributed by atoms with E-state index >= 15 is 0 Å². The topological polar surface area (TPSA) is 84.7 Å². The Bertz CT molecular complexity index is 614. The molecule has 0 aromatic rings. The van der Waals surface area contributed by atoms with Gasteiger partial charge in [-0.25, -0.2) is 4.39 Å². The second kappa shape index (κ2) is 6.34. The summed E-state index contributed by atoms with van der Waals surface area (Å²) in [5.41, 5.74) is 0. The van der Waals surface area contributed by atoms with Crippen molar-refractivity contribution in [3.05, 3.63) is 0 Å². The zero-order chi connectivity index (χ0) is 16.6. The maximum atomic E-state index is 13.3. The van der Waals surface area contributed by atoms with Gasteiger partial charge in [0.05, 0.1) is 24.4 Å². The molecule has 0 saturated carbocycles. The summed E-state index contributed by atoms with van der Waals surface area (Å²) in [6.07, 6.45) is 0.660. The fourth-order valence-electron chi connectivity index (χ4n) is 3.40. The first-order valence-electron chi connectivity index (χ1n) is 7.99. The highest BCUT2D eigenvalue weighted by atomic mass is 32.2. The highest BCUT2D eigenvalue weighted by Crippen LogP contribution is 2.27. The average Bonchev–Trinajstić information content (AvgIpc) is 2.92. The number of rotatable bonds is 3. The van der Waals surface area contributed by atoms with Gasteiger partial charge in [0, 0.05) is 32.7 Å². The van der Waals surface area contributed by atoms with Gasteiger partial charge in [0.25, 0.3) is 10.2 Å². The normalized spacial score (nSPS) is 30.9. The number of nitriles is 1. The van der Waals surface area contributed by atoms with Crippen molar-refractivity contribution in [2.24, 2.45) is 11.8 Å². The van der Waals surface area contributed by atoms with Crippen LogP contribution in [-0.2, 0) is 15.0 Å². The van der Waals surface area contributed by atoms with Gasteiger partial charge in [-0.05, 0) is 19.3 Å². The van der Waals surface area contributed by atoms with E-state index in [4.69, 9.17) is 5.26 Å². The fraction of sp³-hybridized carbons (Fsp3) is 0.857. The van der Waals surface area contributed by atoms with Crippen LogP contribution in [0.5, 0.6) is 0 Å². The smallest absolute Gasteiger partial charge is 0.282 e. The minimum absolute atomic E-state index is 0.123. The molecule has 128 valence electrons. The van der Waals surface area contributed by atoms with Crippen LogP contribution in [0.4, 0.5) is 4.39 Å². The van der Waals surface area contributed by atoms with E-state index in [0.29, 0.717) is 32.4 Å². The molecule has 3 saturated heterocycles. The van der Waals surface area contributed by atoms with Crippen molar-refractivity contribution in [1.29, 1.82) is 5.26 Å². The highest BCUT2D eigenvalue weighted by Gasteiger charge is 2.42. The monoisotopic (exact) mass is 344 g/mol. The Morgan fingerprint density at radius 1 is 1.09 bits per heavy atom. The van der Waals surface area contributed by atoms with Gasteiger partial charge in [0.1, 0.15) is 6.17 Å². The number of piperidine rings is 1. The molecule has 3 aliphatic heterocycles. The molecule has 3 fully saturated rings. The number of nitrogens with zero attached hydrogens (tertiary/aromatic N) is 4. The van der Waals surface area contributed by atoms with Crippen LogP contribution in [0, 0.1) is 23.2 Å². The molecular weight excluding hydrogens is 323 g/mol. The Labute approximate surface area is 135 Å². The lowest BCUT2D eigenvalue weighted by atomic mass is 9.98. The zero-order valence-corrected chi connectivity index (χ0v) is 13.7. The van der Waals surface area contributed by atoms with E-state index in [1.165, 1.54) is 13.5 Å². The lowest BCUT2D eigenvalue weighted by Gasteiger charge is -2.40.